The summed E-state index contributed by atoms with van der Waals surface area (Å²) >= 11 is 0. The summed E-state index contributed by atoms with van der Waals surface area (Å²) in [7, 11) is 1.24. The molecule has 2 rings (SSSR count). The molecular weight excluding hydrogens is 226 g/mol. The van der Waals surface area contributed by atoms with E-state index in [-0.39, 0.29) is 11.3 Å². The molecule has 0 saturated heterocycles. The molecule has 0 unspecified atom stereocenters. The monoisotopic (exact) mass is 235 g/mol. The number of carbonyl (C=O) groups excluding carboxylic acids is 2. The Morgan fingerprint density at radius 2 is 2.00 bits per heavy atom. The Kier molecular flexibility index (Phi) is 3.07. The van der Waals surface area contributed by atoms with Crippen LogP contribution in [0, 0.1) is 0 Å². The van der Waals surface area contributed by atoms with Gasteiger partial charge in [-0.2, -0.15) is 4.99 Å². The second-order valence-corrected chi connectivity index (χ2v) is 3.21. The Morgan fingerprint density at radius 1 is 1.35 bits per heavy atom. The number of esters is 1. The highest BCUT2D eigenvalue weighted by Gasteiger charge is 2.20. The molecule has 1 aliphatic heterocycles. The molecule has 0 atom stereocenters. The number of rotatable bonds is 2. The van der Waals surface area contributed by atoms with Crippen LogP contribution in [0.3, 0.4) is 0 Å². The van der Waals surface area contributed by atoms with Gasteiger partial charge in [0.25, 0.3) is 0 Å². The summed E-state index contributed by atoms with van der Waals surface area (Å²) in [5.74, 6) is 0.273. The van der Waals surface area contributed by atoms with Crippen LogP contribution >= 0.6 is 0 Å². The minimum Gasteiger partial charge on any atom is -0.486 e. The van der Waals surface area contributed by atoms with Crippen molar-refractivity contribution in [3.8, 4) is 11.5 Å². The molecule has 0 amide bonds. The van der Waals surface area contributed by atoms with Crippen molar-refractivity contribution in [3.05, 3.63) is 17.7 Å². The van der Waals surface area contributed by atoms with E-state index in [1.165, 1.54) is 25.3 Å². The maximum Gasteiger partial charge on any atom is 0.340 e. The first kappa shape index (κ1) is 11.2. The van der Waals surface area contributed by atoms with Crippen LogP contribution < -0.4 is 9.47 Å². The van der Waals surface area contributed by atoms with Crippen molar-refractivity contribution in [1.82, 2.24) is 0 Å². The molecule has 1 aromatic carbocycles. The second kappa shape index (κ2) is 4.67. The highest BCUT2D eigenvalue weighted by molar-refractivity contribution is 5.96. The molecule has 0 radical (unpaired) electrons. The first-order valence-electron chi connectivity index (χ1n) is 4.86. The van der Waals surface area contributed by atoms with E-state index in [0.29, 0.717) is 24.7 Å². The van der Waals surface area contributed by atoms with E-state index in [4.69, 9.17) is 9.47 Å². The van der Waals surface area contributed by atoms with E-state index in [1.807, 2.05) is 0 Å². The Hall–Kier alpha value is -2.33. The molecule has 0 fully saturated rings. The lowest BCUT2D eigenvalue weighted by Crippen LogP contribution is -2.16. The third kappa shape index (κ3) is 2.11. The molecule has 6 heteroatoms. The fourth-order valence-corrected chi connectivity index (χ4v) is 1.49. The van der Waals surface area contributed by atoms with Gasteiger partial charge in [0.2, 0.25) is 6.08 Å². The smallest absolute Gasteiger partial charge is 0.340 e. The number of benzene rings is 1. The molecule has 0 spiro atoms. The minimum absolute atomic E-state index is 0.139. The summed E-state index contributed by atoms with van der Waals surface area (Å²) in [5.41, 5.74) is 0.288. The lowest BCUT2D eigenvalue weighted by Gasteiger charge is -2.19. The Morgan fingerprint density at radius 3 is 2.59 bits per heavy atom. The van der Waals surface area contributed by atoms with E-state index in [9.17, 15) is 9.59 Å². The average Bonchev–Trinajstić information content (AvgIpc) is 2.37. The predicted octanol–water partition coefficient (Wildman–Crippen LogP) is 1.21. The highest BCUT2D eigenvalue weighted by Crippen LogP contribution is 2.36. The van der Waals surface area contributed by atoms with Crippen LogP contribution in [-0.2, 0) is 9.53 Å². The Balaban J connectivity index is 2.55. The standard InChI is InChI=1S/C11H9NO5/c1-15-11(14)7-4-9-10(17-3-2-16-9)5-8(7)12-6-13/h4-5H,2-3H2,1H3. The first-order valence-corrected chi connectivity index (χ1v) is 4.86. The molecule has 17 heavy (non-hydrogen) atoms. The number of hydrogen-bond acceptors (Lipinski definition) is 6. The number of carbonyl (C=O) groups is 1. The van der Waals surface area contributed by atoms with Crippen molar-refractivity contribution >= 4 is 17.7 Å². The van der Waals surface area contributed by atoms with Gasteiger partial charge in [-0.25, -0.2) is 9.59 Å². The molecule has 88 valence electrons. The molecule has 0 bridgehead atoms. The number of isocyanates is 1. The van der Waals surface area contributed by atoms with Gasteiger partial charge in [-0.1, -0.05) is 0 Å². The van der Waals surface area contributed by atoms with E-state index >= 15 is 0 Å². The number of fused-ring (bicyclic) bond motifs is 1. The van der Waals surface area contributed by atoms with Gasteiger partial charge in [-0.3, -0.25) is 0 Å². The van der Waals surface area contributed by atoms with Crippen LogP contribution in [0.25, 0.3) is 0 Å². The summed E-state index contributed by atoms with van der Waals surface area (Å²) < 4.78 is 15.2. The average molecular weight is 235 g/mol. The van der Waals surface area contributed by atoms with Crippen LogP contribution in [0.15, 0.2) is 17.1 Å². The summed E-state index contributed by atoms with van der Waals surface area (Å²) in [6.45, 7) is 0.818. The van der Waals surface area contributed by atoms with E-state index in [2.05, 4.69) is 9.73 Å². The topological polar surface area (TPSA) is 74.2 Å². The predicted molar refractivity (Wildman–Crippen MR) is 56.6 cm³/mol. The highest BCUT2D eigenvalue weighted by atomic mass is 16.6. The fourth-order valence-electron chi connectivity index (χ4n) is 1.49. The Bertz CT molecular complexity index is 505. The maximum atomic E-state index is 11.5. The summed E-state index contributed by atoms with van der Waals surface area (Å²) in [5, 5.41) is 0. The Labute approximate surface area is 96.8 Å². The van der Waals surface area contributed by atoms with Crippen LogP contribution in [0.2, 0.25) is 0 Å². The molecule has 0 aromatic heterocycles. The molecule has 1 aliphatic rings. The van der Waals surface area contributed by atoms with Gasteiger partial charge in [0, 0.05) is 12.1 Å². The van der Waals surface area contributed by atoms with E-state index in [0.717, 1.165) is 0 Å². The number of ether oxygens (including phenoxy) is 3. The number of methoxy groups -OCH3 is 1. The van der Waals surface area contributed by atoms with E-state index in [1.54, 1.807) is 0 Å². The third-order valence-electron chi connectivity index (χ3n) is 2.23. The lowest BCUT2D eigenvalue weighted by atomic mass is 10.1. The largest absolute Gasteiger partial charge is 0.486 e. The summed E-state index contributed by atoms with van der Waals surface area (Å²) in [4.78, 5) is 25.2. The van der Waals surface area contributed by atoms with Gasteiger partial charge in [-0.15, -0.1) is 0 Å². The molecular formula is C11H9NO5. The van der Waals surface area contributed by atoms with Crippen molar-refractivity contribution in [2.75, 3.05) is 20.3 Å². The van der Waals surface area contributed by atoms with Crippen LogP contribution in [0.1, 0.15) is 10.4 Å². The van der Waals surface area contributed by atoms with Crippen molar-refractivity contribution < 1.29 is 23.8 Å². The van der Waals surface area contributed by atoms with Crippen LogP contribution in [0.4, 0.5) is 5.69 Å². The van der Waals surface area contributed by atoms with Crippen LogP contribution in [0.5, 0.6) is 11.5 Å². The molecule has 0 N–H and O–H groups in total. The summed E-state index contributed by atoms with van der Waals surface area (Å²) in [6.07, 6.45) is 1.38. The molecule has 6 nitrogen and oxygen atoms in total. The SMILES string of the molecule is COC(=O)c1cc2c(cc1N=C=O)OCCO2. The van der Waals surface area contributed by atoms with Gasteiger partial charge >= 0.3 is 5.97 Å². The zero-order chi connectivity index (χ0) is 12.3. The second-order valence-electron chi connectivity index (χ2n) is 3.21. The maximum absolute atomic E-state index is 11.5. The van der Waals surface area contributed by atoms with Crippen molar-refractivity contribution in [2.24, 2.45) is 4.99 Å². The van der Waals surface area contributed by atoms with Gasteiger partial charge in [0.05, 0.1) is 18.4 Å². The van der Waals surface area contributed by atoms with Gasteiger partial charge in [0.15, 0.2) is 11.5 Å². The number of hydrogen-bond donors (Lipinski definition) is 0. The first-order chi connectivity index (χ1) is 8.26. The van der Waals surface area contributed by atoms with Crippen molar-refractivity contribution in [1.29, 1.82) is 0 Å². The lowest BCUT2D eigenvalue weighted by molar-refractivity contribution is 0.0600. The third-order valence-corrected chi connectivity index (χ3v) is 2.23. The quantitative estimate of drug-likeness (QED) is 0.437. The van der Waals surface area contributed by atoms with Crippen molar-refractivity contribution in [2.45, 2.75) is 0 Å². The number of nitrogens with zero attached hydrogens (tertiary/aromatic N) is 1. The molecule has 0 saturated carbocycles. The van der Waals surface area contributed by atoms with Gasteiger partial charge < -0.3 is 14.2 Å². The number of aliphatic imine (C=N–C) groups is 1. The molecule has 0 aliphatic carbocycles. The fraction of sp³-hybridized carbons (Fsp3) is 0.273. The van der Waals surface area contributed by atoms with Crippen molar-refractivity contribution in [3.63, 3.8) is 0 Å². The van der Waals surface area contributed by atoms with Crippen LogP contribution in [-0.4, -0.2) is 32.4 Å². The normalized spacial score (nSPS) is 12.5. The van der Waals surface area contributed by atoms with Gasteiger partial charge in [-0.05, 0) is 0 Å². The molecule has 1 heterocycles. The van der Waals surface area contributed by atoms with Gasteiger partial charge in [0.1, 0.15) is 13.2 Å². The zero-order valence-electron chi connectivity index (χ0n) is 9.06. The minimum atomic E-state index is -0.601. The zero-order valence-corrected chi connectivity index (χ0v) is 9.06. The molecule has 1 aromatic rings. The van der Waals surface area contributed by atoms with E-state index < -0.39 is 5.97 Å². The summed E-state index contributed by atoms with van der Waals surface area (Å²) in [6, 6.07) is 2.89.